The molecule has 1 aromatic carbocycles. The third kappa shape index (κ3) is 5.83. The van der Waals surface area contributed by atoms with Crippen molar-refractivity contribution in [2.24, 2.45) is 11.3 Å². The van der Waals surface area contributed by atoms with E-state index in [2.05, 4.69) is 4.98 Å². The van der Waals surface area contributed by atoms with E-state index in [0.29, 0.717) is 49.1 Å². The Morgan fingerprint density at radius 3 is 2.38 bits per heavy atom. The summed E-state index contributed by atoms with van der Waals surface area (Å²) in [5.74, 6) is 0.0461. The van der Waals surface area contributed by atoms with E-state index in [4.69, 9.17) is 39.5 Å². The second-order valence-corrected chi connectivity index (χ2v) is 12.2. The van der Waals surface area contributed by atoms with Gasteiger partial charge in [-0.25, -0.2) is 9.78 Å². The Morgan fingerprint density at radius 1 is 1.03 bits per heavy atom. The quantitative estimate of drug-likeness (QED) is 0.427. The maximum absolute atomic E-state index is 13.7. The van der Waals surface area contributed by atoms with E-state index >= 15 is 0 Å². The number of pyridine rings is 1. The van der Waals surface area contributed by atoms with Crippen LogP contribution in [0.15, 0.2) is 36.5 Å². The van der Waals surface area contributed by atoms with Gasteiger partial charge in [-0.2, -0.15) is 0 Å². The molecule has 0 radical (unpaired) electrons. The summed E-state index contributed by atoms with van der Waals surface area (Å²) < 4.78 is 5.53. The van der Waals surface area contributed by atoms with Gasteiger partial charge in [0.25, 0.3) is 0 Å². The molecule has 5 rings (SSSR count). The van der Waals surface area contributed by atoms with Crippen LogP contribution in [0, 0.1) is 11.3 Å². The minimum absolute atomic E-state index is 0.0457. The van der Waals surface area contributed by atoms with Gasteiger partial charge in [0.1, 0.15) is 0 Å². The van der Waals surface area contributed by atoms with Gasteiger partial charge in [0.05, 0.1) is 16.1 Å². The zero-order valence-electron chi connectivity index (χ0n) is 21.9. The normalized spacial score (nSPS) is 22.5. The Hall–Kier alpha value is -2.55. The highest BCUT2D eigenvalue weighted by Crippen LogP contribution is 2.47. The van der Waals surface area contributed by atoms with Crippen molar-refractivity contribution in [1.82, 2.24) is 19.7 Å². The second kappa shape index (κ2) is 11.1. The van der Waals surface area contributed by atoms with Crippen LogP contribution in [-0.2, 0) is 9.59 Å². The Labute approximate surface area is 243 Å². The number of benzene rings is 1. The summed E-state index contributed by atoms with van der Waals surface area (Å²) in [5, 5.41) is 0.929. The van der Waals surface area contributed by atoms with Crippen LogP contribution < -0.4 is 4.74 Å². The molecule has 1 saturated carbocycles. The number of halogens is 3. The van der Waals surface area contributed by atoms with Crippen LogP contribution in [0.4, 0.5) is 4.79 Å². The summed E-state index contributed by atoms with van der Waals surface area (Å²) in [7, 11) is 1.65. The van der Waals surface area contributed by atoms with Crippen LogP contribution in [0.25, 0.3) is 0 Å². The fourth-order valence-corrected chi connectivity index (χ4v) is 6.01. The fraction of sp³-hybridized carbons (Fsp3) is 0.500. The topological polar surface area (TPSA) is 83.1 Å². The molecule has 0 spiro atoms. The number of aromatic nitrogens is 1. The fourth-order valence-electron chi connectivity index (χ4n) is 5.55. The minimum Gasteiger partial charge on any atom is -0.407 e. The molecule has 2 aliphatic heterocycles. The molecule has 3 aliphatic rings. The van der Waals surface area contributed by atoms with Crippen LogP contribution >= 0.6 is 34.8 Å². The Kier molecular flexibility index (Phi) is 8.00. The lowest BCUT2D eigenvalue weighted by atomic mass is 9.93. The van der Waals surface area contributed by atoms with E-state index in [1.807, 2.05) is 22.8 Å². The molecule has 8 nitrogen and oxygen atoms in total. The molecular formula is C28H31Cl3N4O4. The Balaban J connectivity index is 1.31. The number of likely N-dealkylation sites (tertiary alicyclic amines) is 2. The molecule has 3 heterocycles. The average molecular weight is 594 g/mol. The first kappa shape index (κ1) is 28.0. The predicted molar refractivity (Wildman–Crippen MR) is 149 cm³/mol. The van der Waals surface area contributed by atoms with Crippen LogP contribution in [0.3, 0.4) is 0 Å². The number of piperidine rings is 1. The lowest BCUT2D eigenvalue weighted by Gasteiger charge is -2.34. The number of ether oxygens (including phenoxy) is 1. The lowest BCUT2D eigenvalue weighted by Crippen LogP contribution is -2.46. The third-order valence-corrected chi connectivity index (χ3v) is 9.35. The number of nitrogens with zero attached hydrogens (tertiary/aromatic N) is 4. The number of carbonyl (C=O) groups excluding carboxylic acids is 3. The molecule has 208 valence electrons. The highest BCUT2D eigenvalue weighted by Gasteiger charge is 2.48. The van der Waals surface area contributed by atoms with Crippen molar-refractivity contribution in [3.8, 4) is 5.75 Å². The highest BCUT2D eigenvalue weighted by molar-refractivity contribution is 6.42. The second-order valence-electron chi connectivity index (χ2n) is 11.0. The molecule has 2 saturated heterocycles. The Bertz CT molecular complexity index is 1280. The highest BCUT2D eigenvalue weighted by atomic mass is 35.5. The van der Waals surface area contributed by atoms with Crippen molar-refractivity contribution < 1.29 is 19.1 Å². The molecular weight excluding hydrogens is 563 g/mol. The van der Waals surface area contributed by atoms with Crippen LogP contribution in [0.5, 0.6) is 5.75 Å². The van der Waals surface area contributed by atoms with Crippen molar-refractivity contribution >= 4 is 52.7 Å². The van der Waals surface area contributed by atoms with Crippen molar-refractivity contribution in [1.29, 1.82) is 0 Å². The number of hydrogen-bond acceptors (Lipinski definition) is 5. The summed E-state index contributed by atoms with van der Waals surface area (Å²) >= 11 is 18.6. The van der Waals surface area contributed by atoms with Crippen LogP contribution in [0.1, 0.15) is 44.1 Å². The van der Waals surface area contributed by atoms with Crippen LogP contribution in [0.2, 0.25) is 15.2 Å². The molecule has 2 atom stereocenters. The number of rotatable bonds is 5. The monoisotopic (exact) mass is 592 g/mol. The molecule has 2 aromatic rings. The van der Waals surface area contributed by atoms with Gasteiger partial charge in [-0.3, -0.25) is 9.59 Å². The summed E-state index contributed by atoms with van der Waals surface area (Å²) in [6.45, 7) is 3.97. The van der Waals surface area contributed by atoms with E-state index < -0.39 is 6.09 Å². The van der Waals surface area contributed by atoms with Crippen LogP contribution in [-0.4, -0.2) is 76.9 Å². The van der Waals surface area contributed by atoms with Crippen molar-refractivity contribution in [2.75, 3.05) is 33.2 Å². The van der Waals surface area contributed by atoms with E-state index in [-0.39, 0.29) is 46.0 Å². The maximum Gasteiger partial charge on any atom is 0.415 e. The van der Waals surface area contributed by atoms with Gasteiger partial charge >= 0.3 is 6.09 Å². The molecule has 3 fully saturated rings. The largest absolute Gasteiger partial charge is 0.415 e. The lowest BCUT2D eigenvalue weighted by molar-refractivity contribution is -0.142. The maximum atomic E-state index is 13.7. The van der Waals surface area contributed by atoms with Gasteiger partial charge in [-0.15, -0.1) is 0 Å². The zero-order chi connectivity index (χ0) is 27.9. The summed E-state index contributed by atoms with van der Waals surface area (Å²) in [5.41, 5.74) is 0.674. The van der Waals surface area contributed by atoms with E-state index in [1.54, 1.807) is 31.3 Å². The standard InChI is InChI=1S/C28H31Cl3N4O4/c1-28(9-10-28)26(37)34-12-7-17(8-13-34)25(36)35-15-19(18-5-6-20(29)21(30)14-18)22(16-35)33(2)27(38)39-23-4-3-11-32-24(23)31/h3-6,11,14,17,19,22H,7-10,12-13,15-16H2,1-2H3. The SMILES string of the molecule is CN(C(=O)Oc1cccnc1Cl)C1CN(C(=O)C2CCN(C(=O)C3(C)CC3)CC2)CC1c1ccc(Cl)c(Cl)c1. The van der Waals surface area contributed by atoms with Gasteiger partial charge in [0, 0.05) is 56.7 Å². The van der Waals surface area contributed by atoms with E-state index in [0.717, 1.165) is 18.4 Å². The summed E-state index contributed by atoms with van der Waals surface area (Å²) in [4.78, 5) is 48.8. The number of carbonyl (C=O) groups is 3. The third-order valence-electron chi connectivity index (χ3n) is 8.33. The predicted octanol–water partition coefficient (Wildman–Crippen LogP) is 5.51. The first-order valence-electron chi connectivity index (χ1n) is 13.2. The molecule has 11 heteroatoms. The Morgan fingerprint density at radius 2 is 1.74 bits per heavy atom. The van der Waals surface area contributed by atoms with Crippen molar-refractivity contribution in [2.45, 2.75) is 44.6 Å². The van der Waals surface area contributed by atoms with Crippen molar-refractivity contribution in [3.63, 3.8) is 0 Å². The summed E-state index contributed by atoms with van der Waals surface area (Å²) in [6.07, 6.45) is 4.07. The molecule has 3 amide bonds. The molecule has 0 bridgehead atoms. The van der Waals surface area contributed by atoms with Gasteiger partial charge in [0.15, 0.2) is 10.9 Å². The molecule has 1 aliphatic carbocycles. The van der Waals surface area contributed by atoms with Gasteiger partial charge < -0.3 is 19.4 Å². The number of likely N-dealkylation sites (N-methyl/N-ethyl adjacent to an activating group) is 1. The molecule has 0 N–H and O–H groups in total. The first-order chi connectivity index (χ1) is 18.6. The first-order valence-corrected chi connectivity index (χ1v) is 14.3. The smallest absolute Gasteiger partial charge is 0.407 e. The molecule has 2 unspecified atom stereocenters. The van der Waals surface area contributed by atoms with E-state index in [1.165, 1.54) is 11.1 Å². The van der Waals surface area contributed by atoms with Gasteiger partial charge in [-0.1, -0.05) is 47.8 Å². The van der Waals surface area contributed by atoms with E-state index in [9.17, 15) is 14.4 Å². The van der Waals surface area contributed by atoms with Crippen molar-refractivity contribution in [3.05, 3.63) is 57.3 Å². The number of amides is 3. The van der Waals surface area contributed by atoms with Gasteiger partial charge in [0.2, 0.25) is 11.8 Å². The molecule has 1 aromatic heterocycles. The average Bonchev–Trinajstić information content (AvgIpc) is 3.53. The van der Waals surface area contributed by atoms with Gasteiger partial charge in [-0.05, 0) is 55.5 Å². The number of hydrogen-bond donors (Lipinski definition) is 0. The summed E-state index contributed by atoms with van der Waals surface area (Å²) in [6, 6.07) is 8.22. The minimum atomic E-state index is -0.602. The zero-order valence-corrected chi connectivity index (χ0v) is 24.2. The molecule has 39 heavy (non-hydrogen) atoms.